The maximum Gasteiger partial charge on any atom is 0.254 e. The summed E-state index contributed by atoms with van der Waals surface area (Å²) in [5.74, 6) is 5.90. The fourth-order valence-corrected chi connectivity index (χ4v) is 2.38. The molecule has 0 bridgehead atoms. The number of aryl methyl sites for hydroxylation is 1. The molecule has 112 valence electrons. The van der Waals surface area contributed by atoms with Crippen LogP contribution in [0.4, 0.5) is 0 Å². The number of morpholine rings is 1. The predicted octanol–water partition coefficient (Wildman–Crippen LogP) is 1.59. The van der Waals surface area contributed by atoms with Gasteiger partial charge in [0, 0.05) is 30.6 Å². The highest BCUT2D eigenvalue weighted by Crippen LogP contribution is 2.14. The zero-order valence-corrected chi connectivity index (χ0v) is 12.6. The van der Waals surface area contributed by atoms with Gasteiger partial charge in [-0.3, -0.25) is 4.79 Å². The molecule has 1 aliphatic heterocycles. The van der Waals surface area contributed by atoms with Crippen molar-refractivity contribution in [1.29, 1.82) is 0 Å². The van der Waals surface area contributed by atoms with Gasteiger partial charge >= 0.3 is 0 Å². The van der Waals surface area contributed by atoms with E-state index in [1.54, 1.807) is 0 Å². The van der Waals surface area contributed by atoms with Crippen LogP contribution < -0.4 is 0 Å². The standard InChI is InChI=1S/C17H21NO3/c1-13-9-15(5-3-4-7-19)11-16(10-13)17(20)18-6-8-21-14(2)12-18/h9-11,14,19H,4,6-8,12H2,1-2H3. The summed E-state index contributed by atoms with van der Waals surface area (Å²) in [6, 6.07) is 5.66. The van der Waals surface area contributed by atoms with E-state index in [4.69, 9.17) is 9.84 Å². The van der Waals surface area contributed by atoms with Crippen LogP contribution >= 0.6 is 0 Å². The minimum absolute atomic E-state index is 0.0269. The minimum atomic E-state index is 0.0269. The summed E-state index contributed by atoms with van der Waals surface area (Å²) in [7, 11) is 0. The molecule has 1 fully saturated rings. The van der Waals surface area contributed by atoms with Crippen molar-refractivity contribution in [1.82, 2.24) is 4.90 Å². The summed E-state index contributed by atoms with van der Waals surface area (Å²) in [6.45, 7) is 5.82. The fourth-order valence-electron chi connectivity index (χ4n) is 2.38. The Morgan fingerprint density at radius 2 is 2.29 bits per heavy atom. The molecule has 1 saturated heterocycles. The molecular formula is C17H21NO3. The minimum Gasteiger partial charge on any atom is -0.395 e. The first-order valence-electron chi connectivity index (χ1n) is 7.22. The van der Waals surface area contributed by atoms with Crippen LogP contribution in [0.15, 0.2) is 18.2 Å². The maximum absolute atomic E-state index is 12.6. The molecule has 0 aliphatic carbocycles. The predicted molar refractivity (Wildman–Crippen MR) is 81.1 cm³/mol. The number of nitrogens with zero attached hydrogens (tertiary/aromatic N) is 1. The Labute approximate surface area is 125 Å². The van der Waals surface area contributed by atoms with Crippen molar-refractivity contribution in [3.05, 3.63) is 34.9 Å². The topological polar surface area (TPSA) is 49.8 Å². The van der Waals surface area contributed by atoms with Gasteiger partial charge in [-0.25, -0.2) is 0 Å². The normalized spacial score (nSPS) is 18.0. The van der Waals surface area contributed by atoms with E-state index in [0.717, 1.165) is 11.1 Å². The van der Waals surface area contributed by atoms with Gasteiger partial charge in [-0.1, -0.05) is 11.8 Å². The SMILES string of the molecule is Cc1cc(C#CCCO)cc(C(=O)N2CCOC(C)C2)c1. The summed E-state index contributed by atoms with van der Waals surface area (Å²) >= 11 is 0. The van der Waals surface area contributed by atoms with Gasteiger partial charge in [-0.05, 0) is 37.6 Å². The van der Waals surface area contributed by atoms with Gasteiger partial charge in [0.05, 0.1) is 19.3 Å². The number of carbonyl (C=O) groups is 1. The molecule has 21 heavy (non-hydrogen) atoms. The Hall–Kier alpha value is -1.83. The number of hydrogen-bond acceptors (Lipinski definition) is 3. The molecule has 0 spiro atoms. The average molecular weight is 287 g/mol. The zero-order valence-electron chi connectivity index (χ0n) is 12.6. The summed E-state index contributed by atoms with van der Waals surface area (Å²) in [4.78, 5) is 14.4. The fraction of sp³-hybridized carbons (Fsp3) is 0.471. The lowest BCUT2D eigenvalue weighted by Crippen LogP contribution is -2.44. The van der Waals surface area contributed by atoms with Crippen LogP contribution in [-0.4, -0.2) is 48.3 Å². The molecule has 0 saturated carbocycles. The van der Waals surface area contributed by atoms with Gasteiger partial charge in [0.1, 0.15) is 0 Å². The molecule has 1 aliphatic rings. The maximum atomic E-state index is 12.6. The molecule has 0 aromatic heterocycles. The van der Waals surface area contributed by atoms with Crippen molar-refractivity contribution < 1.29 is 14.6 Å². The second-order valence-corrected chi connectivity index (χ2v) is 5.30. The van der Waals surface area contributed by atoms with E-state index in [2.05, 4.69) is 11.8 Å². The van der Waals surface area contributed by atoms with Gasteiger partial charge in [0.2, 0.25) is 0 Å². The van der Waals surface area contributed by atoms with Gasteiger partial charge in [-0.15, -0.1) is 0 Å². The Morgan fingerprint density at radius 3 is 3.00 bits per heavy atom. The Bertz CT molecular complexity index is 571. The molecule has 4 nitrogen and oxygen atoms in total. The monoisotopic (exact) mass is 287 g/mol. The highest BCUT2D eigenvalue weighted by atomic mass is 16.5. The van der Waals surface area contributed by atoms with Crippen LogP contribution in [-0.2, 0) is 4.74 Å². The number of aliphatic hydroxyl groups excluding tert-OH is 1. The average Bonchev–Trinajstić information content (AvgIpc) is 2.46. The van der Waals surface area contributed by atoms with Crippen molar-refractivity contribution in [2.24, 2.45) is 0 Å². The van der Waals surface area contributed by atoms with Crippen LogP contribution in [0.5, 0.6) is 0 Å². The number of benzene rings is 1. The van der Waals surface area contributed by atoms with Gasteiger partial charge < -0.3 is 14.7 Å². The van der Waals surface area contributed by atoms with E-state index in [1.807, 2.05) is 36.9 Å². The largest absolute Gasteiger partial charge is 0.395 e. The second-order valence-electron chi connectivity index (χ2n) is 5.30. The quantitative estimate of drug-likeness (QED) is 0.840. The Morgan fingerprint density at radius 1 is 1.48 bits per heavy atom. The molecule has 2 rings (SSSR count). The summed E-state index contributed by atoms with van der Waals surface area (Å²) in [5.41, 5.74) is 2.49. The van der Waals surface area contributed by atoms with E-state index in [1.165, 1.54) is 0 Å². The first-order valence-corrected chi connectivity index (χ1v) is 7.22. The van der Waals surface area contributed by atoms with Crippen LogP contribution in [0.2, 0.25) is 0 Å². The van der Waals surface area contributed by atoms with Crippen LogP contribution in [0.25, 0.3) is 0 Å². The second kappa shape index (κ2) is 7.26. The summed E-state index contributed by atoms with van der Waals surface area (Å²) in [6.07, 6.45) is 0.523. The summed E-state index contributed by atoms with van der Waals surface area (Å²) < 4.78 is 5.47. The third kappa shape index (κ3) is 4.32. The number of aliphatic hydroxyl groups is 1. The third-order valence-corrected chi connectivity index (χ3v) is 3.32. The van der Waals surface area contributed by atoms with Gasteiger partial charge in [0.25, 0.3) is 5.91 Å². The lowest BCUT2D eigenvalue weighted by Gasteiger charge is -2.31. The number of carbonyl (C=O) groups excluding carboxylic acids is 1. The van der Waals surface area contributed by atoms with Crippen molar-refractivity contribution in [3.63, 3.8) is 0 Å². The zero-order chi connectivity index (χ0) is 15.2. The van der Waals surface area contributed by atoms with Crippen LogP contribution in [0, 0.1) is 18.8 Å². The van der Waals surface area contributed by atoms with Crippen molar-refractivity contribution >= 4 is 5.91 Å². The molecule has 1 unspecified atom stereocenters. The molecule has 1 amide bonds. The third-order valence-electron chi connectivity index (χ3n) is 3.32. The van der Waals surface area contributed by atoms with Crippen LogP contribution in [0.3, 0.4) is 0 Å². The highest BCUT2D eigenvalue weighted by molar-refractivity contribution is 5.95. The lowest BCUT2D eigenvalue weighted by atomic mass is 10.1. The molecular weight excluding hydrogens is 266 g/mol. The van der Waals surface area contributed by atoms with E-state index in [-0.39, 0.29) is 18.6 Å². The van der Waals surface area contributed by atoms with Crippen LogP contribution in [0.1, 0.15) is 34.8 Å². The molecule has 0 radical (unpaired) electrons. The first-order chi connectivity index (χ1) is 10.1. The smallest absolute Gasteiger partial charge is 0.254 e. The Kier molecular flexibility index (Phi) is 5.38. The summed E-state index contributed by atoms with van der Waals surface area (Å²) in [5, 5.41) is 8.76. The van der Waals surface area contributed by atoms with E-state index >= 15 is 0 Å². The van der Waals surface area contributed by atoms with E-state index < -0.39 is 0 Å². The number of ether oxygens (including phenoxy) is 1. The Balaban J connectivity index is 2.19. The van der Waals surface area contributed by atoms with Crippen molar-refractivity contribution in [2.75, 3.05) is 26.3 Å². The number of amides is 1. The number of rotatable bonds is 2. The van der Waals surface area contributed by atoms with E-state index in [9.17, 15) is 4.79 Å². The number of hydrogen-bond donors (Lipinski definition) is 1. The first kappa shape index (κ1) is 15.6. The highest BCUT2D eigenvalue weighted by Gasteiger charge is 2.22. The molecule has 4 heteroatoms. The molecule has 1 aromatic rings. The molecule has 1 N–H and O–H groups in total. The molecule has 1 atom stereocenters. The molecule has 1 aromatic carbocycles. The lowest BCUT2D eigenvalue weighted by molar-refractivity contribution is -0.0124. The van der Waals surface area contributed by atoms with E-state index in [0.29, 0.717) is 31.7 Å². The molecule has 1 heterocycles. The van der Waals surface area contributed by atoms with Gasteiger partial charge in [0.15, 0.2) is 0 Å². The van der Waals surface area contributed by atoms with Gasteiger partial charge in [-0.2, -0.15) is 0 Å². The van der Waals surface area contributed by atoms with Crippen molar-refractivity contribution in [2.45, 2.75) is 26.4 Å². The van der Waals surface area contributed by atoms with Crippen molar-refractivity contribution in [3.8, 4) is 11.8 Å².